The van der Waals surface area contributed by atoms with Gasteiger partial charge in [0.1, 0.15) is 0 Å². The first-order valence-electron chi connectivity index (χ1n) is 7.94. The molecule has 1 aliphatic heterocycles. The molecule has 0 saturated carbocycles. The molecule has 2 aliphatic rings. The van der Waals surface area contributed by atoms with E-state index < -0.39 is 0 Å². The van der Waals surface area contributed by atoms with Crippen molar-refractivity contribution in [3.05, 3.63) is 28.3 Å². The number of fused-ring (bicyclic) bond motifs is 1. The first-order valence-corrected chi connectivity index (χ1v) is 8.32. The molecule has 4 heteroatoms. The highest BCUT2D eigenvalue weighted by Gasteiger charge is 2.31. The molecule has 114 valence electrons. The normalized spacial score (nSPS) is 21.2. The van der Waals surface area contributed by atoms with Crippen LogP contribution in [0.1, 0.15) is 49.7 Å². The summed E-state index contributed by atoms with van der Waals surface area (Å²) >= 11 is 6.49. The largest absolute Gasteiger partial charge is 0.466 e. The molecule has 1 aliphatic carbocycles. The Labute approximate surface area is 131 Å². The van der Waals surface area contributed by atoms with Crippen LogP contribution in [0.15, 0.2) is 12.1 Å². The number of aryl methyl sites for hydroxylation is 1. The van der Waals surface area contributed by atoms with Crippen molar-refractivity contribution in [2.45, 2.75) is 44.9 Å². The van der Waals surface area contributed by atoms with Gasteiger partial charge in [0.2, 0.25) is 0 Å². The minimum Gasteiger partial charge on any atom is -0.466 e. The summed E-state index contributed by atoms with van der Waals surface area (Å²) in [5, 5.41) is 0.770. The van der Waals surface area contributed by atoms with Crippen molar-refractivity contribution in [1.29, 1.82) is 0 Å². The molecule has 0 bridgehead atoms. The minimum atomic E-state index is -0.132. The Morgan fingerprint density at radius 3 is 2.81 bits per heavy atom. The fourth-order valence-corrected chi connectivity index (χ4v) is 3.77. The molecule has 1 atom stereocenters. The lowest BCUT2D eigenvalue weighted by molar-refractivity contribution is -0.144. The van der Waals surface area contributed by atoms with E-state index in [1.807, 2.05) is 13.0 Å². The molecule has 3 rings (SSSR count). The first-order chi connectivity index (χ1) is 10.2. The molecule has 3 nitrogen and oxygen atoms in total. The summed E-state index contributed by atoms with van der Waals surface area (Å²) in [6.45, 7) is 4.45. The van der Waals surface area contributed by atoms with E-state index in [2.05, 4.69) is 11.0 Å². The predicted octanol–water partition coefficient (Wildman–Crippen LogP) is 3.92. The van der Waals surface area contributed by atoms with E-state index in [0.717, 1.165) is 42.2 Å². The molecule has 0 amide bonds. The summed E-state index contributed by atoms with van der Waals surface area (Å²) in [7, 11) is 0. The van der Waals surface area contributed by atoms with Crippen molar-refractivity contribution in [3.8, 4) is 0 Å². The Morgan fingerprint density at radius 2 is 2.10 bits per heavy atom. The third-order valence-electron chi connectivity index (χ3n) is 4.55. The van der Waals surface area contributed by atoms with Crippen LogP contribution in [0.25, 0.3) is 0 Å². The smallest absolute Gasteiger partial charge is 0.313 e. The minimum absolute atomic E-state index is 0.113. The second-order valence-corrected chi connectivity index (χ2v) is 6.30. The third-order valence-corrected chi connectivity index (χ3v) is 4.86. The molecule has 1 saturated heterocycles. The lowest BCUT2D eigenvalue weighted by Gasteiger charge is -2.30. The monoisotopic (exact) mass is 307 g/mol. The SMILES string of the molecule is CCOC(=O)C1CCc2cc(N3CCCCC3)c(Cl)cc21. The van der Waals surface area contributed by atoms with Crippen molar-refractivity contribution in [3.63, 3.8) is 0 Å². The van der Waals surface area contributed by atoms with Crippen LogP contribution in [0.5, 0.6) is 0 Å². The number of hydrogen-bond acceptors (Lipinski definition) is 3. The van der Waals surface area contributed by atoms with E-state index in [0.29, 0.717) is 6.61 Å². The number of ether oxygens (including phenoxy) is 1. The van der Waals surface area contributed by atoms with Crippen LogP contribution in [0.2, 0.25) is 5.02 Å². The number of benzene rings is 1. The molecular formula is C17H22ClNO2. The van der Waals surface area contributed by atoms with Crippen LogP contribution < -0.4 is 4.90 Å². The number of esters is 1. The van der Waals surface area contributed by atoms with Gasteiger partial charge in [0, 0.05) is 13.1 Å². The molecule has 21 heavy (non-hydrogen) atoms. The summed E-state index contributed by atoms with van der Waals surface area (Å²) in [6, 6.07) is 4.19. The van der Waals surface area contributed by atoms with Crippen molar-refractivity contribution in [2.24, 2.45) is 0 Å². The quantitative estimate of drug-likeness (QED) is 0.793. The summed E-state index contributed by atoms with van der Waals surface area (Å²) in [5.74, 6) is -0.245. The lowest BCUT2D eigenvalue weighted by atomic mass is 10.0. The van der Waals surface area contributed by atoms with E-state index in [1.165, 1.54) is 24.8 Å². The van der Waals surface area contributed by atoms with Gasteiger partial charge in [-0.15, -0.1) is 0 Å². The van der Waals surface area contributed by atoms with E-state index in [4.69, 9.17) is 16.3 Å². The molecule has 1 heterocycles. The van der Waals surface area contributed by atoms with E-state index >= 15 is 0 Å². The summed E-state index contributed by atoms with van der Waals surface area (Å²) in [4.78, 5) is 14.4. The zero-order valence-electron chi connectivity index (χ0n) is 12.5. The van der Waals surface area contributed by atoms with Crippen molar-refractivity contribution >= 4 is 23.3 Å². The topological polar surface area (TPSA) is 29.5 Å². The van der Waals surface area contributed by atoms with Crippen LogP contribution in [-0.2, 0) is 16.0 Å². The summed E-state index contributed by atoms with van der Waals surface area (Å²) in [6.07, 6.45) is 5.56. The predicted molar refractivity (Wildman–Crippen MR) is 85.2 cm³/mol. The number of hydrogen-bond donors (Lipinski definition) is 0. The molecule has 0 N–H and O–H groups in total. The molecule has 0 spiro atoms. The zero-order valence-corrected chi connectivity index (χ0v) is 13.3. The molecule has 1 aromatic carbocycles. The van der Waals surface area contributed by atoms with Crippen molar-refractivity contribution in [1.82, 2.24) is 0 Å². The maximum Gasteiger partial charge on any atom is 0.313 e. The fraction of sp³-hybridized carbons (Fsp3) is 0.588. The van der Waals surface area contributed by atoms with Crippen molar-refractivity contribution in [2.75, 3.05) is 24.6 Å². The Morgan fingerprint density at radius 1 is 1.33 bits per heavy atom. The maximum absolute atomic E-state index is 12.0. The molecule has 0 aromatic heterocycles. The van der Waals surface area contributed by atoms with Crippen molar-refractivity contribution < 1.29 is 9.53 Å². The number of anilines is 1. The summed E-state index contributed by atoms with van der Waals surface area (Å²) < 4.78 is 5.18. The molecule has 0 radical (unpaired) electrons. The van der Waals surface area contributed by atoms with Crippen LogP contribution in [-0.4, -0.2) is 25.7 Å². The Hall–Kier alpha value is -1.22. The van der Waals surface area contributed by atoms with Gasteiger partial charge in [0.25, 0.3) is 0 Å². The van der Waals surface area contributed by atoms with Gasteiger partial charge in [-0.2, -0.15) is 0 Å². The molecule has 1 aromatic rings. The number of carbonyl (C=O) groups is 1. The number of rotatable bonds is 3. The van der Waals surface area contributed by atoms with E-state index in [1.54, 1.807) is 0 Å². The van der Waals surface area contributed by atoms with E-state index in [9.17, 15) is 4.79 Å². The molecule has 1 fully saturated rings. The molecular weight excluding hydrogens is 286 g/mol. The number of carbonyl (C=O) groups excluding carboxylic acids is 1. The first kappa shape index (κ1) is 14.7. The Balaban J connectivity index is 1.87. The van der Waals surface area contributed by atoms with Gasteiger partial charge in [-0.05, 0) is 62.3 Å². The summed E-state index contributed by atoms with van der Waals surface area (Å²) in [5.41, 5.74) is 3.47. The highest BCUT2D eigenvalue weighted by Crippen LogP contribution is 2.40. The van der Waals surface area contributed by atoms with Gasteiger partial charge < -0.3 is 9.64 Å². The average Bonchev–Trinajstić information content (AvgIpc) is 2.90. The second kappa shape index (κ2) is 6.27. The highest BCUT2D eigenvalue weighted by molar-refractivity contribution is 6.33. The van der Waals surface area contributed by atoms with Gasteiger partial charge in [0.05, 0.1) is 23.2 Å². The second-order valence-electron chi connectivity index (χ2n) is 5.89. The van der Waals surface area contributed by atoms with Crippen LogP contribution in [0.3, 0.4) is 0 Å². The van der Waals surface area contributed by atoms with Gasteiger partial charge >= 0.3 is 5.97 Å². The number of nitrogens with zero attached hydrogens (tertiary/aromatic N) is 1. The van der Waals surface area contributed by atoms with Crippen LogP contribution >= 0.6 is 11.6 Å². The van der Waals surface area contributed by atoms with Crippen LogP contribution in [0, 0.1) is 0 Å². The standard InChI is InChI=1S/C17H22ClNO2/c1-2-21-17(20)13-7-6-12-10-16(15(18)11-14(12)13)19-8-4-3-5-9-19/h10-11,13H,2-9H2,1H3. The number of halogens is 1. The van der Waals surface area contributed by atoms with Gasteiger partial charge in [-0.3, -0.25) is 4.79 Å². The maximum atomic E-state index is 12.0. The Bertz CT molecular complexity index is 538. The fourth-order valence-electron chi connectivity index (χ4n) is 3.48. The van der Waals surface area contributed by atoms with Crippen LogP contribution in [0.4, 0.5) is 5.69 Å². The lowest BCUT2D eigenvalue weighted by Crippen LogP contribution is -2.29. The van der Waals surface area contributed by atoms with Gasteiger partial charge in [0.15, 0.2) is 0 Å². The Kier molecular flexibility index (Phi) is 4.39. The number of piperidine rings is 1. The van der Waals surface area contributed by atoms with Gasteiger partial charge in [-0.25, -0.2) is 0 Å². The van der Waals surface area contributed by atoms with Gasteiger partial charge in [-0.1, -0.05) is 11.6 Å². The average molecular weight is 308 g/mol. The van der Waals surface area contributed by atoms with E-state index in [-0.39, 0.29) is 11.9 Å². The zero-order chi connectivity index (χ0) is 14.8. The third kappa shape index (κ3) is 2.89. The molecule has 1 unspecified atom stereocenters. The highest BCUT2D eigenvalue weighted by atomic mass is 35.5.